The number of Topliss-reactive ketones (excluding diaryl/α,β-unsaturated/α-hetero) is 2. The van der Waals surface area contributed by atoms with E-state index < -0.39 is 5.41 Å². The van der Waals surface area contributed by atoms with Gasteiger partial charge in [0.05, 0.1) is 17.4 Å². The van der Waals surface area contributed by atoms with Gasteiger partial charge in [0.15, 0.2) is 0 Å². The summed E-state index contributed by atoms with van der Waals surface area (Å²) in [6.45, 7) is 5.81. The fourth-order valence-electron chi connectivity index (χ4n) is 3.96. The van der Waals surface area contributed by atoms with Crippen molar-refractivity contribution in [3.63, 3.8) is 0 Å². The van der Waals surface area contributed by atoms with Crippen molar-refractivity contribution in [2.75, 3.05) is 0 Å². The topological polar surface area (TPSA) is 57.9 Å². The van der Waals surface area contributed by atoms with Crippen molar-refractivity contribution < 1.29 is 9.59 Å². The summed E-state index contributed by atoms with van der Waals surface area (Å²) in [6, 6.07) is 2.19. The quantitative estimate of drug-likeness (QED) is 0.619. The van der Waals surface area contributed by atoms with Gasteiger partial charge in [-0.1, -0.05) is 20.8 Å². The molecule has 3 fully saturated rings. The first-order valence-corrected chi connectivity index (χ1v) is 5.84. The molecule has 5 unspecified atom stereocenters. The maximum absolute atomic E-state index is 12.4. The van der Waals surface area contributed by atoms with Crippen LogP contribution in [-0.4, -0.2) is 11.6 Å². The predicted molar refractivity (Wildman–Crippen MR) is 56.1 cm³/mol. The maximum atomic E-state index is 12.4. The standard InChI is InChI=1S/C13H15NO2/c1-12(2)8-9(12)11(16)13(3)6(5-14)4-7(13)10(8)15/h6-9H,4H2,1-3H3. The SMILES string of the molecule is CC1(C)C2C(=O)C3CC(C#N)C3(C)C(=O)C21. The number of hydrogen-bond acceptors (Lipinski definition) is 3. The second-order valence-electron chi connectivity index (χ2n) is 6.30. The molecule has 0 amide bonds. The number of hydrogen-bond donors (Lipinski definition) is 0. The average Bonchev–Trinajstić information content (AvgIpc) is 2.76. The Bertz CT molecular complexity index is 459. The molecule has 0 radical (unpaired) electrons. The van der Waals surface area contributed by atoms with Crippen LogP contribution >= 0.6 is 0 Å². The van der Waals surface area contributed by atoms with Crippen LogP contribution in [0.25, 0.3) is 0 Å². The molecule has 3 aliphatic rings. The smallest absolute Gasteiger partial charge is 0.145 e. The summed E-state index contributed by atoms with van der Waals surface area (Å²) >= 11 is 0. The van der Waals surface area contributed by atoms with Crippen LogP contribution in [0, 0.1) is 45.8 Å². The van der Waals surface area contributed by atoms with Crippen LogP contribution in [-0.2, 0) is 9.59 Å². The Labute approximate surface area is 94.8 Å². The van der Waals surface area contributed by atoms with E-state index >= 15 is 0 Å². The van der Waals surface area contributed by atoms with Crippen LogP contribution in [0.3, 0.4) is 0 Å². The van der Waals surface area contributed by atoms with E-state index in [1.807, 2.05) is 20.8 Å². The molecule has 0 saturated heterocycles. The third kappa shape index (κ3) is 0.753. The van der Waals surface area contributed by atoms with E-state index in [1.54, 1.807) is 0 Å². The predicted octanol–water partition coefficient (Wildman–Crippen LogP) is 1.58. The van der Waals surface area contributed by atoms with Crippen LogP contribution in [0.1, 0.15) is 27.2 Å². The summed E-state index contributed by atoms with van der Waals surface area (Å²) in [4.78, 5) is 24.6. The number of carbonyl (C=O) groups excluding carboxylic acids is 2. The first kappa shape index (κ1) is 10.0. The number of nitriles is 1. The van der Waals surface area contributed by atoms with E-state index in [2.05, 4.69) is 6.07 Å². The Morgan fingerprint density at radius 2 is 1.88 bits per heavy atom. The zero-order valence-electron chi connectivity index (χ0n) is 9.78. The molecular formula is C13H15NO2. The highest BCUT2D eigenvalue weighted by Gasteiger charge is 2.77. The fourth-order valence-corrected chi connectivity index (χ4v) is 3.96. The fraction of sp³-hybridized carbons (Fsp3) is 0.769. The first-order chi connectivity index (χ1) is 7.36. The van der Waals surface area contributed by atoms with Gasteiger partial charge >= 0.3 is 0 Å². The number of ketones is 2. The van der Waals surface area contributed by atoms with Crippen molar-refractivity contribution in [3.05, 3.63) is 0 Å². The van der Waals surface area contributed by atoms with Gasteiger partial charge in [0.2, 0.25) is 0 Å². The third-order valence-corrected chi connectivity index (χ3v) is 5.37. The van der Waals surface area contributed by atoms with Crippen molar-refractivity contribution in [1.29, 1.82) is 5.26 Å². The molecule has 3 nitrogen and oxygen atoms in total. The largest absolute Gasteiger partial charge is 0.299 e. The molecule has 0 heterocycles. The molecule has 16 heavy (non-hydrogen) atoms. The van der Waals surface area contributed by atoms with E-state index in [4.69, 9.17) is 5.26 Å². The minimum Gasteiger partial charge on any atom is -0.299 e. The number of carbonyl (C=O) groups is 2. The molecule has 0 aromatic heterocycles. The molecule has 3 rings (SSSR count). The lowest BCUT2D eigenvalue weighted by Gasteiger charge is -2.51. The van der Waals surface area contributed by atoms with Crippen LogP contribution in [0.15, 0.2) is 0 Å². The first-order valence-electron chi connectivity index (χ1n) is 5.84. The van der Waals surface area contributed by atoms with Crippen molar-refractivity contribution in [2.24, 2.45) is 34.5 Å². The van der Waals surface area contributed by atoms with E-state index in [1.165, 1.54) is 0 Å². The molecule has 0 N–H and O–H groups in total. The van der Waals surface area contributed by atoms with E-state index in [0.29, 0.717) is 6.42 Å². The molecular weight excluding hydrogens is 202 g/mol. The Morgan fingerprint density at radius 3 is 2.44 bits per heavy atom. The number of nitrogens with zero attached hydrogens (tertiary/aromatic N) is 1. The summed E-state index contributed by atoms with van der Waals surface area (Å²) in [6.07, 6.45) is 0.594. The molecule has 0 aliphatic heterocycles. The van der Waals surface area contributed by atoms with Gasteiger partial charge in [-0.3, -0.25) is 9.59 Å². The Hall–Kier alpha value is -1.17. The average molecular weight is 217 g/mol. The summed E-state index contributed by atoms with van der Waals surface area (Å²) < 4.78 is 0. The van der Waals surface area contributed by atoms with E-state index in [0.717, 1.165) is 0 Å². The van der Waals surface area contributed by atoms with Crippen LogP contribution < -0.4 is 0 Å². The van der Waals surface area contributed by atoms with Gasteiger partial charge in [0.25, 0.3) is 0 Å². The highest BCUT2D eigenvalue weighted by molar-refractivity contribution is 6.08. The lowest BCUT2D eigenvalue weighted by Crippen LogP contribution is -2.58. The van der Waals surface area contributed by atoms with Gasteiger partial charge in [-0.05, 0) is 11.8 Å². The number of fused-ring (bicyclic) bond motifs is 2. The molecule has 84 valence electrons. The normalized spacial score (nSPS) is 52.1. The number of rotatable bonds is 0. The van der Waals surface area contributed by atoms with Crippen LogP contribution in [0.5, 0.6) is 0 Å². The maximum Gasteiger partial charge on any atom is 0.145 e. The van der Waals surface area contributed by atoms with Crippen LogP contribution in [0.2, 0.25) is 0 Å². The lowest BCUT2D eigenvalue weighted by molar-refractivity contribution is -0.159. The van der Waals surface area contributed by atoms with Crippen molar-refractivity contribution >= 4 is 11.6 Å². The summed E-state index contributed by atoms with van der Waals surface area (Å²) in [5.74, 6) is -0.178. The monoisotopic (exact) mass is 217 g/mol. The molecule has 3 heteroatoms. The van der Waals surface area contributed by atoms with E-state index in [-0.39, 0.29) is 40.7 Å². The van der Waals surface area contributed by atoms with Gasteiger partial charge in [0, 0.05) is 17.8 Å². The molecule has 0 aromatic rings. The molecule has 3 aliphatic carbocycles. The molecule has 0 spiro atoms. The molecule has 0 aromatic carbocycles. The molecule has 0 bridgehead atoms. The third-order valence-electron chi connectivity index (χ3n) is 5.37. The second-order valence-corrected chi connectivity index (χ2v) is 6.30. The van der Waals surface area contributed by atoms with Gasteiger partial charge in [-0.15, -0.1) is 0 Å². The van der Waals surface area contributed by atoms with Gasteiger partial charge in [-0.25, -0.2) is 0 Å². The second kappa shape index (κ2) is 2.40. The van der Waals surface area contributed by atoms with Crippen molar-refractivity contribution in [2.45, 2.75) is 27.2 Å². The molecule has 3 saturated carbocycles. The van der Waals surface area contributed by atoms with Gasteiger partial charge in [0.1, 0.15) is 11.6 Å². The summed E-state index contributed by atoms with van der Waals surface area (Å²) in [5, 5.41) is 9.01. The van der Waals surface area contributed by atoms with Gasteiger partial charge < -0.3 is 0 Å². The lowest BCUT2D eigenvalue weighted by atomic mass is 9.48. The summed E-state index contributed by atoms with van der Waals surface area (Å²) in [7, 11) is 0. The Balaban J connectivity index is 2.05. The zero-order chi connectivity index (χ0) is 11.9. The minimum atomic E-state index is -0.666. The highest BCUT2D eigenvalue weighted by Crippen LogP contribution is 2.71. The molecule has 5 atom stereocenters. The van der Waals surface area contributed by atoms with Gasteiger partial charge in [-0.2, -0.15) is 5.26 Å². The zero-order valence-corrected chi connectivity index (χ0v) is 9.78. The van der Waals surface area contributed by atoms with Crippen molar-refractivity contribution in [3.8, 4) is 6.07 Å². The highest BCUT2D eigenvalue weighted by atomic mass is 16.1. The Kier molecular flexibility index (Phi) is 1.50. The van der Waals surface area contributed by atoms with E-state index in [9.17, 15) is 9.59 Å². The minimum absolute atomic E-state index is 0.0577. The Morgan fingerprint density at radius 1 is 1.25 bits per heavy atom. The van der Waals surface area contributed by atoms with Crippen LogP contribution in [0.4, 0.5) is 0 Å². The van der Waals surface area contributed by atoms with Crippen molar-refractivity contribution in [1.82, 2.24) is 0 Å². The summed E-state index contributed by atoms with van der Waals surface area (Å²) in [5.41, 5.74) is -0.824.